The van der Waals surface area contributed by atoms with Gasteiger partial charge in [0.1, 0.15) is 5.75 Å². The van der Waals surface area contributed by atoms with Gasteiger partial charge in [-0.05, 0) is 37.3 Å². The van der Waals surface area contributed by atoms with E-state index in [1.165, 1.54) is 0 Å². The summed E-state index contributed by atoms with van der Waals surface area (Å²) in [7, 11) is 0. The fraction of sp³-hybridized carbons (Fsp3) is 0.188. The molecular weight excluding hydrogens is 323 g/mol. The van der Waals surface area contributed by atoms with E-state index in [1.54, 1.807) is 18.2 Å². The maximum absolute atomic E-state index is 12.0. The quantitative estimate of drug-likeness (QED) is 0.818. The lowest BCUT2D eigenvalue weighted by Crippen LogP contribution is -2.22. The molecule has 0 aromatic heterocycles. The highest BCUT2D eigenvalue weighted by atomic mass is 35.5. The SMILES string of the molecule is CCOc1ccccc1NCC(=O)Nc1cc(Cl)cc(Cl)c1. The molecule has 0 unspecified atom stereocenters. The van der Waals surface area contributed by atoms with Crippen LogP contribution in [-0.4, -0.2) is 19.1 Å². The summed E-state index contributed by atoms with van der Waals surface area (Å²) in [6, 6.07) is 12.3. The van der Waals surface area contributed by atoms with Crippen LogP contribution in [0.4, 0.5) is 11.4 Å². The number of anilines is 2. The van der Waals surface area contributed by atoms with Crippen molar-refractivity contribution in [3.8, 4) is 5.75 Å². The fourth-order valence-corrected chi connectivity index (χ4v) is 2.43. The van der Waals surface area contributed by atoms with E-state index in [0.717, 1.165) is 5.69 Å². The fourth-order valence-electron chi connectivity index (χ4n) is 1.90. The molecule has 2 aromatic carbocycles. The normalized spacial score (nSPS) is 10.1. The van der Waals surface area contributed by atoms with E-state index in [4.69, 9.17) is 27.9 Å². The highest BCUT2D eigenvalue weighted by molar-refractivity contribution is 6.35. The Labute approximate surface area is 139 Å². The number of para-hydroxylation sites is 2. The van der Waals surface area contributed by atoms with Crippen molar-refractivity contribution in [3.05, 3.63) is 52.5 Å². The van der Waals surface area contributed by atoms with Crippen LogP contribution in [0.1, 0.15) is 6.92 Å². The number of carbonyl (C=O) groups excluding carboxylic acids is 1. The first kappa shape index (κ1) is 16.5. The Balaban J connectivity index is 1.95. The number of halogens is 2. The number of rotatable bonds is 6. The highest BCUT2D eigenvalue weighted by Crippen LogP contribution is 2.24. The van der Waals surface area contributed by atoms with Crippen LogP contribution in [0.2, 0.25) is 10.0 Å². The van der Waals surface area contributed by atoms with Crippen LogP contribution in [0.3, 0.4) is 0 Å². The van der Waals surface area contributed by atoms with Gasteiger partial charge in [-0.3, -0.25) is 4.79 Å². The molecule has 22 heavy (non-hydrogen) atoms. The summed E-state index contributed by atoms with van der Waals surface area (Å²) in [5.74, 6) is 0.508. The molecule has 2 rings (SSSR count). The second-order valence-electron chi connectivity index (χ2n) is 4.49. The third kappa shape index (κ3) is 4.83. The van der Waals surface area contributed by atoms with Gasteiger partial charge in [-0.2, -0.15) is 0 Å². The van der Waals surface area contributed by atoms with Gasteiger partial charge < -0.3 is 15.4 Å². The summed E-state index contributed by atoms with van der Waals surface area (Å²) in [5.41, 5.74) is 1.33. The van der Waals surface area contributed by atoms with Crippen molar-refractivity contribution in [2.24, 2.45) is 0 Å². The molecule has 6 heteroatoms. The third-order valence-electron chi connectivity index (χ3n) is 2.77. The topological polar surface area (TPSA) is 50.4 Å². The Morgan fingerprint density at radius 2 is 1.82 bits per heavy atom. The summed E-state index contributed by atoms with van der Waals surface area (Å²) < 4.78 is 5.49. The van der Waals surface area contributed by atoms with Gasteiger partial charge in [0.25, 0.3) is 0 Å². The second kappa shape index (κ2) is 7.92. The number of hydrogen-bond acceptors (Lipinski definition) is 3. The Kier molecular flexibility index (Phi) is 5.92. The molecule has 0 spiro atoms. The molecule has 0 fully saturated rings. The maximum Gasteiger partial charge on any atom is 0.243 e. The molecule has 0 atom stereocenters. The van der Waals surface area contributed by atoms with Gasteiger partial charge in [0, 0.05) is 15.7 Å². The first-order valence-corrected chi connectivity index (χ1v) is 7.55. The highest BCUT2D eigenvalue weighted by Gasteiger charge is 2.07. The largest absolute Gasteiger partial charge is 0.492 e. The van der Waals surface area contributed by atoms with Crippen molar-refractivity contribution in [3.63, 3.8) is 0 Å². The molecule has 116 valence electrons. The first-order valence-electron chi connectivity index (χ1n) is 6.80. The van der Waals surface area contributed by atoms with Gasteiger partial charge in [0.05, 0.1) is 18.8 Å². The van der Waals surface area contributed by atoms with Crippen molar-refractivity contribution < 1.29 is 9.53 Å². The molecule has 0 saturated heterocycles. The molecule has 0 aliphatic heterocycles. The molecule has 0 bridgehead atoms. The van der Waals surface area contributed by atoms with Gasteiger partial charge in [-0.1, -0.05) is 35.3 Å². The minimum Gasteiger partial charge on any atom is -0.492 e. The molecule has 1 amide bonds. The predicted molar refractivity (Wildman–Crippen MR) is 91.2 cm³/mol. The number of hydrogen-bond donors (Lipinski definition) is 2. The molecule has 0 aliphatic carbocycles. The zero-order valence-corrected chi connectivity index (χ0v) is 13.5. The Morgan fingerprint density at radius 1 is 1.14 bits per heavy atom. The molecule has 4 nitrogen and oxygen atoms in total. The maximum atomic E-state index is 12.0. The van der Waals surface area contributed by atoms with Gasteiger partial charge >= 0.3 is 0 Å². The Bertz CT molecular complexity index is 642. The van der Waals surface area contributed by atoms with Crippen LogP contribution in [-0.2, 0) is 4.79 Å². The number of benzene rings is 2. The number of carbonyl (C=O) groups is 1. The van der Waals surface area contributed by atoms with Crippen LogP contribution in [0, 0.1) is 0 Å². The van der Waals surface area contributed by atoms with Gasteiger partial charge in [0.2, 0.25) is 5.91 Å². The molecule has 0 saturated carbocycles. The predicted octanol–water partition coefficient (Wildman–Crippen LogP) is 4.44. The standard InChI is InChI=1S/C16H16Cl2N2O2/c1-2-22-15-6-4-3-5-14(15)19-10-16(21)20-13-8-11(17)7-12(18)9-13/h3-9,19H,2,10H2,1H3,(H,20,21). The summed E-state index contributed by atoms with van der Waals surface area (Å²) >= 11 is 11.8. The van der Waals surface area contributed by atoms with Crippen LogP contribution in [0.15, 0.2) is 42.5 Å². The van der Waals surface area contributed by atoms with Crippen molar-refractivity contribution in [1.29, 1.82) is 0 Å². The molecule has 0 heterocycles. The van der Waals surface area contributed by atoms with Crippen molar-refractivity contribution in [1.82, 2.24) is 0 Å². The lowest BCUT2D eigenvalue weighted by atomic mass is 10.3. The van der Waals surface area contributed by atoms with Gasteiger partial charge in [-0.15, -0.1) is 0 Å². The van der Waals surface area contributed by atoms with Crippen LogP contribution in [0.5, 0.6) is 5.75 Å². The van der Waals surface area contributed by atoms with E-state index >= 15 is 0 Å². The van der Waals surface area contributed by atoms with Crippen LogP contribution >= 0.6 is 23.2 Å². The van der Waals surface area contributed by atoms with Crippen LogP contribution in [0.25, 0.3) is 0 Å². The van der Waals surface area contributed by atoms with E-state index < -0.39 is 0 Å². The Morgan fingerprint density at radius 3 is 2.50 bits per heavy atom. The molecule has 2 N–H and O–H groups in total. The lowest BCUT2D eigenvalue weighted by Gasteiger charge is -2.12. The zero-order valence-electron chi connectivity index (χ0n) is 12.0. The summed E-state index contributed by atoms with van der Waals surface area (Å²) in [5, 5.41) is 6.72. The third-order valence-corrected chi connectivity index (χ3v) is 3.21. The average molecular weight is 339 g/mol. The van der Waals surface area contributed by atoms with E-state index in [0.29, 0.717) is 28.1 Å². The zero-order chi connectivity index (χ0) is 15.9. The molecular formula is C16H16Cl2N2O2. The minimum absolute atomic E-state index is 0.105. The number of amides is 1. The van der Waals surface area contributed by atoms with E-state index in [9.17, 15) is 4.79 Å². The Hall–Kier alpha value is -1.91. The lowest BCUT2D eigenvalue weighted by molar-refractivity contribution is -0.114. The van der Waals surface area contributed by atoms with Crippen molar-refractivity contribution in [2.75, 3.05) is 23.8 Å². The van der Waals surface area contributed by atoms with E-state index in [1.807, 2.05) is 31.2 Å². The van der Waals surface area contributed by atoms with Crippen molar-refractivity contribution >= 4 is 40.5 Å². The van der Waals surface area contributed by atoms with Crippen molar-refractivity contribution in [2.45, 2.75) is 6.92 Å². The molecule has 0 aliphatic rings. The average Bonchev–Trinajstić information content (AvgIpc) is 2.45. The van der Waals surface area contributed by atoms with Gasteiger partial charge in [-0.25, -0.2) is 0 Å². The summed E-state index contributed by atoms with van der Waals surface area (Å²) in [4.78, 5) is 12.0. The van der Waals surface area contributed by atoms with Crippen LogP contribution < -0.4 is 15.4 Å². The van der Waals surface area contributed by atoms with Gasteiger partial charge in [0.15, 0.2) is 0 Å². The number of nitrogens with one attached hydrogen (secondary N) is 2. The minimum atomic E-state index is -0.204. The van der Waals surface area contributed by atoms with E-state index in [2.05, 4.69) is 10.6 Å². The first-order chi connectivity index (χ1) is 10.6. The molecule has 2 aromatic rings. The van der Waals surface area contributed by atoms with E-state index in [-0.39, 0.29) is 12.5 Å². The number of ether oxygens (including phenoxy) is 1. The monoisotopic (exact) mass is 338 g/mol. The smallest absolute Gasteiger partial charge is 0.243 e. The summed E-state index contributed by atoms with van der Waals surface area (Å²) in [6.45, 7) is 2.58. The molecule has 0 radical (unpaired) electrons. The second-order valence-corrected chi connectivity index (χ2v) is 5.36. The summed E-state index contributed by atoms with van der Waals surface area (Å²) in [6.07, 6.45) is 0.